The molecule has 0 saturated heterocycles. The van der Waals surface area contributed by atoms with Gasteiger partial charge in [0.05, 0.1) is 36.5 Å². The number of nitrogens with one attached hydrogen (secondary N) is 2. The predicted octanol–water partition coefficient (Wildman–Crippen LogP) is 2.35. The molecule has 8 heteroatoms. The fraction of sp³-hybridized carbons (Fsp3) is 0.238. The number of amides is 1. The molecule has 0 spiro atoms. The van der Waals surface area contributed by atoms with Crippen molar-refractivity contribution in [1.82, 2.24) is 10.3 Å². The van der Waals surface area contributed by atoms with Gasteiger partial charge in [0, 0.05) is 23.7 Å². The van der Waals surface area contributed by atoms with Gasteiger partial charge in [0.15, 0.2) is 11.6 Å². The minimum absolute atomic E-state index is 0.161. The zero-order valence-corrected chi connectivity index (χ0v) is 16.2. The average molecular weight is 398 g/mol. The van der Waals surface area contributed by atoms with Crippen LogP contribution in [-0.2, 0) is 6.61 Å². The van der Waals surface area contributed by atoms with Crippen LogP contribution >= 0.6 is 0 Å². The van der Waals surface area contributed by atoms with Gasteiger partial charge in [-0.1, -0.05) is 18.2 Å². The fourth-order valence-electron chi connectivity index (χ4n) is 3.28. The van der Waals surface area contributed by atoms with Gasteiger partial charge in [0.1, 0.15) is 0 Å². The number of hydrogen-bond acceptors (Lipinski definition) is 6. The Kier molecular flexibility index (Phi) is 6.26. The van der Waals surface area contributed by atoms with Gasteiger partial charge in [-0.2, -0.15) is 0 Å². The normalized spacial score (nSPS) is 12.0. The van der Waals surface area contributed by atoms with Gasteiger partial charge in [-0.3, -0.25) is 9.78 Å². The number of ether oxygens (including phenoxy) is 1. The van der Waals surface area contributed by atoms with Gasteiger partial charge >= 0.3 is 0 Å². The summed E-state index contributed by atoms with van der Waals surface area (Å²) in [5.74, 6) is -0.894. The van der Waals surface area contributed by atoms with Crippen molar-refractivity contribution in [3.05, 3.63) is 65.1 Å². The summed E-state index contributed by atoms with van der Waals surface area (Å²) in [6.45, 7) is 0.227. The molecule has 0 aliphatic rings. The van der Waals surface area contributed by atoms with E-state index < -0.39 is 11.7 Å². The SMILES string of the molecule is CNCC(Nc1c(CO)cnc2c(C(N)=O)cccc12)c1ccc(OC)c(F)c1. The summed E-state index contributed by atoms with van der Waals surface area (Å²) in [5.41, 5.74) is 8.04. The van der Waals surface area contributed by atoms with Crippen LogP contribution in [0.5, 0.6) is 5.75 Å². The number of rotatable bonds is 8. The first-order valence-corrected chi connectivity index (χ1v) is 9.06. The highest BCUT2D eigenvalue weighted by Gasteiger charge is 2.19. The minimum Gasteiger partial charge on any atom is -0.494 e. The molecule has 0 aliphatic heterocycles. The fourth-order valence-corrected chi connectivity index (χ4v) is 3.28. The van der Waals surface area contributed by atoms with Crippen LogP contribution in [0.2, 0.25) is 0 Å². The summed E-state index contributed by atoms with van der Waals surface area (Å²) in [5, 5.41) is 16.9. The third kappa shape index (κ3) is 4.13. The standard InChI is InChI=1S/C21H23FN4O3/c1-24-10-17(12-6-7-18(29-2)16(22)8-12)26-19-13(11-27)9-25-20-14(19)4-3-5-15(20)21(23)28/h3-9,17,24,27H,10-11H2,1-2H3,(H2,23,28)(H,25,26). The van der Waals surface area contributed by atoms with Crippen molar-refractivity contribution in [2.45, 2.75) is 12.6 Å². The van der Waals surface area contributed by atoms with E-state index in [1.807, 2.05) is 0 Å². The van der Waals surface area contributed by atoms with Gasteiger partial charge < -0.3 is 26.2 Å². The Morgan fingerprint density at radius 3 is 2.76 bits per heavy atom. The third-order valence-electron chi connectivity index (χ3n) is 4.72. The maximum absolute atomic E-state index is 14.3. The van der Waals surface area contributed by atoms with Gasteiger partial charge in [-0.05, 0) is 30.8 Å². The number of aliphatic hydroxyl groups is 1. The summed E-state index contributed by atoms with van der Waals surface area (Å²) >= 11 is 0. The van der Waals surface area contributed by atoms with Crippen LogP contribution in [0.25, 0.3) is 10.9 Å². The predicted molar refractivity (Wildman–Crippen MR) is 109 cm³/mol. The molecule has 7 nitrogen and oxygen atoms in total. The van der Waals surface area contributed by atoms with E-state index in [-0.39, 0.29) is 24.0 Å². The first-order chi connectivity index (χ1) is 14.0. The number of halogens is 1. The lowest BCUT2D eigenvalue weighted by Gasteiger charge is -2.23. The van der Waals surface area contributed by atoms with Crippen molar-refractivity contribution in [1.29, 1.82) is 0 Å². The molecule has 2 aromatic carbocycles. The van der Waals surface area contributed by atoms with Crippen LogP contribution in [0.15, 0.2) is 42.6 Å². The second kappa shape index (κ2) is 8.85. The molecular weight excluding hydrogens is 375 g/mol. The van der Waals surface area contributed by atoms with Crippen molar-refractivity contribution < 1.29 is 19.0 Å². The van der Waals surface area contributed by atoms with E-state index in [0.717, 1.165) is 0 Å². The molecule has 0 saturated carbocycles. The molecule has 3 aromatic rings. The number of aliphatic hydroxyl groups excluding tert-OH is 1. The Bertz CT molecular complexity index is 1040. The molecule has 152 valence electrons. The Morgan fingerprint density at radius 2 is 2.14 bits per heavy atom. The van der Waals surface area contributed by atoms with E-state index in [9.17, 15) is 14.3 Å². The second-order valence-corrected chi connectivity index (χ2v) is 6.53. The van der Waals surface area contributed by atoms with E-state index in [4.69, 9.17) is 10.5 Å². The van der Waals surface area contributed by atoms with Crippen LogP contribution in [0, 0.1) is 5.82 Å². The maximum atomic E-state index is 14.3. The van der Waals surface area contributed by atoms with Crippen molar-refractivity contribution in [3.63, 3.8) is 0 Å². The number of aromatic nitrogens is 1. The number of methoxy groups -OCH3 is 1. The summed E-state index contributed by atoms with van der Waals surface area (Å²) in [7, 11) is 3.20. The molecule has 1 unspecified atom stereocenters. The smallest absolute Gasteiger partial charge is 0.250 e. The molecule has 5 N–H and O–H groups in total. The number of fused-ring (bicyclic) bond motifs is 1. The van der Waals surface area contributed by atoms with Crippen LogP contribution in [0.1, 0.15) is 27.5 Å². The Balaban J connectivity index is 2.11. The number of hydrogen-bond donors (Lipinski definition) is 4. The molecule has 1 atom stereocenters. The number of nitrogens with two attached hydrogens (primary N) is 1. The van der Waals surface area contributed by atoms with E-state index >= 15 is 0 Å². The van der Waals surface area contributed by atoms with Crippen LogP contribution < -0.4 is 21.1 Å². The monoisotopic (exact) mass is 398 g/mol. The van der Waals surface area contributed by atoms with Crippen LogP contribution in [-0.4, -0.2) is 36.7 Å². The minimum atomic E-state index is -0.588. The van der Waals surface area contributed by atoms with Crippen molar-refractivity contribution in [2.75, 3.05) is 26.0 Å². The Labute approximate surface area is 167 Å². The zero-order chi connectivity index (χ0) is 21.0. The molecule has 1 amide bonds. The lowest BCUT2D eigenvalue weighted by molar-refractivity contribution is 0.100. The van der Waals surface area contributed by atoms with E-state index in [2.05, 4.69) is 15.6 Å². The second-order valence-electron chi connectivity index (χ2n) is 6.53. The number of benzene rings is 2. The zero-order valence-electron chi connectivity index (χ0n) is 16.2. The lowest BCUT2D eigenvalue weighted by atomic mass is 10.0. The molecule has 0 fully saturated rings. The largest absolute Gasteiger partial charge is 0.494 e. The first kappa shape index (κ1) is 20.5. The lowest BCUT2D eigenvalue weighted by Crippen LogP contribution is -2.24. The van der Waals surface area contributed by atoms with Crippen molar-refractivity contribution in [3.8, 4) is 5.75 Å². The first-order valence-electron chi connectivity index (χ1n) is 9.06. The highest BCUT2D eigenvalue weighted by molar-refractivity contribution is 6.08. The summed E-state index contributed by atoms with van der Waals surface area (Å²) in [6.07, 6.45) is 1.50. The summed E-state index contributed by atoms with van der Waals surface area (Å²) < 4.78 is 19.2. The number of likely N-dealkylation sites (N-methyl/N-ethyl adjacent to an activating group) is 1. The van der Waals surface area contributed by atoms with Crippen LogP contribution in [0.4, 0.5) is 10.1 Å². The Morgan fingerprint density at radius 1 is 1.34 bits per heavy atom. The molecule has 0 radical (unpaired) electrons. The highest BCUT2D eigenvalue weighted by Crippen LogP contribution is 2.32. The number of carbonyl (C=O) groups excluding carboxylic acids is 1. The number of para-hydroxylation sites is 1. The molecule has 1 heterocycles. The van der Waals surface area contributed by atoms with E-state index in [1.165, 1.54) is 19.4 Å². The number of primary amides is 1. The highest BCUT2D eigenvalue weighted by atomic mass is 19.1. The van der Waals surface area contributed by atoms with Crippen LogP contribution in [0.3, 0.4) is 0 Å². The summed E-state index contributed by atoms with van der Waals surface area (Å²) in [4.78, 5) is 16.1. The maximum Gasteiger partial charge on any atom is 0.250 e. The molecule has 29 heavy (non-hydrogen) atoms. The van der Waals surface area contributed by atoms with E-state index in [1.54, 1.807) is 37.4 Å². The van der Waals surface area contributed by atoms with E-state index in [0.29, 0.717) is 34.3 Å². The van der Waals surface area contributed by atoms with Crippen molar-refractivity contribution >= 4 is 22.5 Å². The number of nitrogens with zero attached hydrogens (tertiary/aromatic N) is 1. The van der Waals surface area contributed by atoms with Crippen molar-refractivity contribution in [2.24, 2.45) is 5.73 Å². The topological polar surface area (TPSA) is 110 Å². The van der Waals surface area contributed by atoms with Gasteiger partial charge in [0.25, 0.3) is 5.91 Å². The molecule has 0 bridgehead atoms. The number of anilines is 1. The average Bonchev–Trinajstić information content (AvgIpc) is 2.72. The number of carbonyl (C=O) groups is 1. The quantitative estimate of drug-likeness (QED) is 0.464. The molecular formula is C21H23FN4O3. The summed E-state index contributed by atoms with van der Waals surface area (Å²) in [6, 6.07) is 9.52. The molecule has 3 rings (SSSR count). The van der Waals surface area contributed by atoms with Gasteiger partial charge in [-0.15, -0.1) is 0 Å². The van der Waals surface area contributed by atoms with Gasteiger partial charge in [-0.25, -0.2) is 4.39 Å². The Hall–Kier alpha value is -3.23. The molecule has 1 aromatic heterocycles. The van der Waals surface area contributed by atoms with Gasteiger partial charge in [0.2, 0.25) is 0 Å². The molecule has 0 aliphatic carbocycles. The third-order valence-corrected chi connectivity index (χ3v) is 4.72. The number of pyridine rings is 1.